The lowest BCUT2D eigenvalue weighted by molar-refractivity contribution is 0.0758. The Labute approximate surface area is 105 Å². The second-order valence-corrected chi connectivity index (χ2v) is 4.84. The van der Waals surface area contributed by atoms with Crippen LogP contribution in [-0.2, 0) is 18.2 Å². The molecule has 3 nitrogen and oxygen atoms in total. The van der Waals surface area contributed by atoms with Crippen molar-refractivity contribution in [1.29, 1.82) is 0 Å². The fourth-order valence-corrected chi connectivity index (χ4v) is 2.31. The summed E-state index contributed by atoms with van der Waals surface area (Å²) < 4.78 is 7.20. The first-order valence-electron chi connectivity index (χ1n) is 5.52. The van der Waals surface area contributed by atoms with Crippen molar-refractivity contribution in [3.8, 4) is 0 Å². The number of nitrogens with zero attached hydrogens (tertiary/aromatic N) is 1. The summed E-state index contributed by atoms with van der Waals surface area (Å²) in [6.45, 7) is 0.750. The molecule has 0 atom stereocenters. The van der Waals surface area contributed by atoms with Crippen LogP contribution in [0.1, 0.15) is 15.4 Å². The molecule has 0 aliphatic heterocycles. The average molecular weight is 249 g/mol. The largest absolute Gasteiger partial charge is 0.373 e. The number of hydrogen-bond acceptors (Lipinski definition) is 3. The molecule has 2 aromatic rings. The molecule has 0 bridgehead atoms. The lowest BCUT2D eigenvalue weighted by Crippen LogP contribution is -2.13. The third kappa shape index (κ3) is 3.28. The maximum absolute atomic E-state index is 11.7. The maximum Gasteiger partial charge on any atom is 0.204 e. The predicted octanol–water partition coefficient (Wildman–Crippen LogP) is 2.53. The molecule has 0 fully saturated rings. The van der Waals surface area contributed by atoms with Crippen LogP contribution < -0.4 is 0 Å². The summed E-state index contributed by atoms with van der Waals surface area (Å²) in [6.07, 6.45) is 2.73. The van der Waals surface area contributed by atoms with Gasteiger partial charge < -0.3 is 9.30 Å². The summed E-state index contributed by atoms with van der Waals surface area (Å²) in [5, 5.41) is 2.05. The Morgan fingerprint density at radius 3 is 2.94 bits per heavy atom. The van der Waals surface area contributed by atoms with Crippen molar-refractivity contribution in [3.05, 3.63) is 46.4 Å². The number of Topliss-reactive ketones (excluding diaryl/α,β-unsaturated/α-hetero) is 1. The van der Waals surface area contributed by atoms with Gasteiger partial charge in [-0.3, -0.25) is 4.79 Å². The topological polar surface area (TPSA) is 31.2 Å². The summed E-state index contributed by atoms with van der Waals surface area (Å²) in [7, 11) is 1.86. The van der Waals surface area contributed by atoms with E-state index in [1.807, 2.05) is 41.4 Å². The van der Waals surface area contributed by atoms with E-state index in [0.717, 1.165) is 6.42 Å². The monoisotopic (exact) mass is 249 g/mol. The third-order valence-electron chi connectivity index (χ3n) is 2.54. The molecular formula is C13H15NO2S. The van der Waals surface area contributed by atoms with Crippen molar-refractivity contribution in [2.75, 3.05) is 13.2 Å². The Bertz CT molecular complexity index is 473. The van der Waals surface area contributed by atoms with Gasteiger partial charge in [-0.15, -0.1) is 11.3 Å². The van der Waals surface area contributed by atoms with Gasteiger partial charge in [0.2, 0.25) is 5.78 Å². The molecule has 4 heteroatoms. The number of ether oxygens (including phenoxy) is 1. The smallest absolute Gasteiger partial charge is 0.204 e. The molecule has 0 aromatic carbocycles. The van der Waals surface area contributed by atoms with Gasteiger partial charge in [0.25, 0.3) is 0 Å². The minimum atomic E-state index is 0.0312. The number of carbonyl (C=O) groups is 1. The number of aromatic nitrogens is 1. The van der Waals surface area contributed by atoms with Crippen LogP contribution in [0, 0.1) is 0 Å². The Kier molecular flexibility index (Phi) is 4.12. The van der Waals surface area contributed by atoms with E-state index in [0.29, 0.717) is 12.3 Å². The first-order valence-corrected chi connectivity index (χ1v) is 6.40. The summed E-state index contributed by atoms with van der Waals surface area (Å²) in [4.78, 5) is 13.0. The first-order chi connectivity index (χ1) is 8.27. The summed E-state index contributed by atoms with van der Waals surface area (Å²) in [6, 6.07) is 7.77. The van der Waals surface area contributed by atoms with Crippen LogP contribution in [0.25, 0.3) is 0 Å². The second kappa shape index (κ2) is 5.80. The van der Waals surface area contributed by atoms with Crippen LogP contribution in [0.5, 0.6) is 0 Å². The fraction of sp³-hybridized carbons (Fsp3) is 0.308. The Morgan fingerprint density at radius 1 is 1.41 bits per heavy atom. The zero-order valence-electron chi connectivity index (χ0n) is 9.76. The van der Waals surface area contributed by atoms with E-state index in [4.69, 9.17) is 4.74 Å². The van der Waals surface area contributed by atoms with Gasteiger partial charge in [-0.1, -0.05) is 6.07 Å². The molecule has 0 saturated heterocycles. The number of hydrogen-bond donors (Lipinski definition) is 0. The molecule has 0 N–H and O–H groups in total. The van der Waals surface area contributed by atoms with Crippen LogP contribution in [0.15, 0.2) is 35.8 Å². The molecule has 0 aliphatic carbocycles. The number of carbonyl (C=O) groups excluding carboxylic acids is 1. The molecular weight excluding hydrogens is 234 g/mol. The number of thiophene rings is 1. The molecule has 2 rings (SSSR count). The highest BCUT2D eigenvalue weighted by Crippen LogP contribution is 2.09. The molecule has 0 amide bonds. The van der Waals surface area contributed by atoms with E-state index < -0.39 is 0 Å². The second-order valence-electron chi connectivity index (χ2n) is 3.81. The quantitative estimate of drug-likeness (QED) is 0.582. The maximum atomic E-state index is 11.7. The Balaban J connectivity index is 1.72. The van der Waals surface area contributed by atoms with E-state index in [1.54, 1.807) is 11.3 Å². The minimum Gasteiger partial charge on any atom is -0.373 e. The lowest BCUT2D eigenvalue weighted by atomic mass is 10.3. The van der Waals surface area contributed by atoms with Crippen molar-refractivity contribution >= 4 is 17.1 Å². The van der Waals surface area contributed by atoms with E-state index in [9.17, 15) is 4.79 Å². The van der Waals surface area contributed by atoms with E-state index in [-0.39, 0.29) is 12.4 Å². The zero-order chi connectivity index (χ0) is 12.1. The van der Waals surface area contributed by atoms with Crippen molar-refractivity contribution in [2.24, 2.45) is 7.05 Å². The molecule has 0 aliphatic rings. The van der Waals surface area contributed by atoms with Gasteiger partial charge in [-0.2, -0.15) is 0 Å². The molecule has 0 spiro atoms. The number of ketones is 1. The van der Waals surface area contributed by atoms with Crippen LogP contribution in [0.4, 0.5) is 0 Å². The number of aryl methyl sites for hydroxylation is 1. The molecule has 90 valence electrons. The molecule has 2 heterocycles. The highest BCUT2D eigenvalue weighted by Gasteiger charge is 2.08. The molecule has 0 saturated carbocycles. The SMILES string of the molecule is Cn1cccc1C(=O)COCCc1cccs1. The van der Waals surface area contributed by atoms with Crippen LogP contribution in [0.3, 0.4) is 0 Å². The fourth-order valence-electron chi connectivity index (χ4n) is 1.62. The van der Waals surface area contributed by atoms with Crippen LogP contribution >= 0.6 is 11.3 Å². The summed E-state index contributed by atoms with van der Waals surface area (Å²) >= 11 is 1.71. The minimum absolute atomic E-state index is 0.0312. The first kappa shape index (κ1) is 12.1. The average Bonchev–Trinajstić information content (AvgIpc) is 2.95. The van der Waals surface area contributed by atoms with Crippen molar-refractivity contribution in [1.82, 2.24) is 4.57 Å². The third-order valence-corrected chi connectivity index (χ3v) is 3.47. The predicted molar refractivity (Wildman–Crippen MR) is 68.6 cm³/mol. The normalized spacial score (nSPS) is 10.6. The van der Waals surface area contributed by atoms with Gasteiger partial charge in [0.05, 0.1) is 12.3 Å². The van der Waals surface area contributed by atoms with Gasteiger partial charge in [-0.05, 0) is 23.6 Å². The summed E-state index contributed by atoms with van der Waals surface area (Å²) in [5.74, 6) is 0.0312. The Morgan fingerprint density at radius 2 is 2.29 bits per heavy atom. The van der Waals surface area contributed by atoms with Gasteiger partial charge in [0.1, 0.15) is 6.61 Å². The molecule has 2 aromatic heterocycles. The van der Waals surface area contributed by atoms with Crippen molar-refractivity contribution < 1.29 is 9.53 Å². The standard InChI is InChI=1S/C13H15NO2S/c1-14-7-2-5-12(14)13(15)10-16-8-6-11-4-3-9-17-11/h2-5,7,9H,6,8,10H2,1H3. The van der Waals surface area contributed by atoms with E-state index >= 15 is 0 Å². The van der Waals surface area contributed by atoms with E-state index in [2.05, 4.69) is 6.07 Å². The van der Waals surface area contributed by atoms with E-state index in [1.165, 1.54) is 4.88 Å². The van der Waals surface area contributed by atoms with Crippen molar-refractivity contribution in [3.63, 3.8) is 0 Å². The molecule has 0 unspecified atom stereocenters. The summed E-state index contributed by atoms with van der Waals surface area (Å²) in [5.41, 5.74) is 0.695. The molecule has 17 heavy (non-hydrogen) atoms. The highest BCUT2D eigenvalue weighted by atomic mass is 32.1. The van der Waals surface area contributed by atoms with Crippen LogP contribution in [0.2, 0.25) is 0 Å². The van der Waals surface area contributed by atoms with Gasteiger partial charge in [0.15, 0.2) is 0 Å². The lowest BCUT2D eigenvalue weighted by Gasteiger charge is -2.04. The highest BCUT2D eigenvalue weighted by molar-refractivity contribution is 7.09. The van der Waals surface area contributed by atoms with Crippen molar-refractivity contribution in [2.45, 2.75) is 6.42 Å². The Hall–Kier alpha value is -1.39. The number of rotatable bonds is 6. The van der Waals surface area contributed by atoms with Crippen LogP contribution in [-0.4, -0.2) is 23.6 Å². The zero-order valence-corrected chi connectivity index (χ0v) is 10.6. The van der Waals surface area contributed by atoms with Gasteiger partial charge >= 0.3 is 0 Å². The molecule has 0 radical (unpaired) electrons. The van der Waals surface area contributed by atoms with Gasteiger partial charge in [-0.25, -0.2) is 0 Å². The van der Waals surface area contributed by atoms with Gasteiger partial charge in [0, 0.05) is 24.5 Å².